The van der Waals surface area contributed by atoms with Crippen molar-refractivity contribution < 1.29 is 9.90 Å². The smallest absolute Gasteiger partial charge is 0.223 e. The summed E-state index contributed by atoms with van der Waals surface area (Å²) in [6.07, 6.45) is 9.10. The van der Waals surface area contributed by atoms with Crippen LogP contribution in [0.3, 0.4) is 0 Å². The van der Waals surface area contributed by atoms with E-state index < -0.39 is 5.60 Å². The molecule has 0 aromatic rings. The van der Waals surface area contributed by atoms with Gasteiger partial charge in [0.1, 0.15) is 0 Å². The van der Waals surface area contributed by atoms with E-state index in [2.05, 4.69) is 17.6 Å². The van der Waals surface area contributed by atoms with Gasteiger partial charge >= 0.3 is 0 Å². The van der Waals surface area contributed by atoms with Gasteiger partial charge in [-0.2, -0.15) is 0 Å². The minimum Gasteiger partial charge on any atom is -0.387 e. The number of β-amino-alcohol motifs (C(OH)–C–C–N with tert-alkyl or cyclic N) is 1. The average molecular weight is 282 g/mol. The second kappa shape index (κ2) is 7.41. The van der Waals surface area contributed by atoms with Crippen molar-refractivity contribution in [2.24, 2.45) is 11.8 Å². The molecule has 3 N–H and O–H groups in total. The maximum absolute atomic E-state index is 12.2. The van der Waals surface area contributed by atoms with E-state index in [1.54, 1.807) is 0 Å². The number of aliphatic hydroxyl groups is 1. The van der Waals surface area contributed by atoms with Gasteiger partial charge in [-0.1, -0.05) is 26.2 Å². The zero-order chi connectivity index (χ0) is 14.4. The van der Waals surface area contributed by atoms with Crippen LogP contribution in [0.4, 0.5) is 0 Å². The summed E-state index contributed by atoms with van der Waals surface area (Å²) in [7, 11) is 0. The molecular formula is C16H30N2O2. The molecule has 0 aromatic heterocycles. The number of hydrogen-bond acceptors (Lipinski definition) is 3. The van der Waals surface area contributed by atoms with E-state index >= 15 is 0 Å². The summed E-state index contributed by atoms with van der Waals surface area (Å²) < 4.78 is 0. The second-order valence-electron chi connectivity index (χ2n) is 6.73. The van der Waals surface area contributed by atoms with Gasteiger partial charge in [0.15, 0.2) is 0 Å². The van der Waals surface area contributed by atoms with Crippen LogP contribution in [0, 0.1) is 11.8 Å². The lowest BCUT2D eigenvalue weighted by Gasteiger charge is -2.29. The van der Waals surface area contributed by atoms with Crippen molar-refractivity contribution in [3.63, 3.8) is 0 Å². The Morgan fingerprint density at radius 1 is 1.35 bits per heavy atom. The first-order chi connectivity index (χ1) is 9.63. The van der Waals surface area contributed by atoms with Gasteiger partial charge in [-0.3, -0.25) is 4.79 Å². The van der Waals surface area contributed by atoms with Crippen LogP contribution < -0.4 is 10.6 Å². The monoisotopic (exact) mass is 282 g/mol. The van der Waals surface area contributed by atoms with Crippen molar-refractivity contribution in [2.75, 3.05) is 19.6 Å². The van der Waals surface area contributed by atoms with Gasteiger partial charge in [0.05, 0.1) is 5.60 Å². The van der Waals surface area contributed by atoms with Crippen LogP contribution in [-0.4, -0.2) is 36.2 Å². The van der Waals surface area contributed by atoms with Crippen molar-refractivity contribution in [1.82, 2.24) is 10.6 Å². The highest BCUT2D eigenvalue weighted by Gasteiger charge is 2.33. The number of hydrogen-bond donors (Lipinski definition) is 3. The number of unbranched alkanes of at least 4 members (excludes halogenated alkanes) is 1. The Labute approximate surface area is 122 Å². The van der Waals surface area contributed by atoms with E-state index in [-0.39, 0.29) is 11.8 Å². The first-order valence-electron chi connectivity index (χ1n) is 8.34. The molecule has 1 unspecified atom stereocenters. The van der Waals surface area contributed by atoms with Gasteiger partial charge in [-0.05, 0) is 44.6 Å². The zero-order valence-corrected chi connectivity index (χ0v) is 12.8. The molecule has 1 atom stereocenters. The fourth-order valence-corrected chi connectivity index (χ4v) is 3.48. The molecule has 1 aliphatic carbocycles. The average Bonchev–Trinajstić information content (AvgIpc) is 2.90. The highest BCUT2D eigenvalue weighted by molar-refractivity contribution is 5.78. The van der Waals surface area contributed by atoms with Crippen LogP contribution in [0.2, 0.25) is 0 Å². The maximum atomic E-state index is 12.2. The minimum atomic E-state index is -0.728. The molecule has 1 aliphatic heterocycles. The van der Waals surface area contributed by atoms with Crippen molar-refractivity contribution in [1.29, 1.82) is 0 Å². The van der Waals surface area contributed by atoms with Gasteiger partial charge in [0.2, 0.25) is 5.91 Å². The SMILES string of the molecule is CCCCC1CCC(C(=O)NCC2(O)CCNC2)CC1. The number of rotatable bonds is 6. The second-order valence-corrected chi connectivity index (χ2v) is 6.73. The predicted octanol–water partition coefficient (Wildman–Crippen LogP) is 1.82. The number of carbonyl (C=O) groups excluding carboxylic acids is 1. The number of carbonyl (C=O) groups is 1. The predicted molar refractivity (Wildman–Crippen MR) is 80.4 cm³/mol. The van der Waals surface area contributed by atoms with Gasteiger partial charge in [-0.15, -0.1) is 0 Å². The summed E-state index contributed by atoms with van der Waals surface area (Å²) in [4.78, 5) is 12.2. The molecule has 4 nitrogen and oxygen atoms in total. The number of nitrogens with one attached hydrogen (secondary N) is 2. The van der Waals surface area contributed by atoms with Crippen molar-refractivity contribution in [3.05, 3.63) is 0 Å². The van der Waals surface area contributed by atoms with Gasteiger partial charge in [0.25, 0.3) is 0 Å². The lowest BCUT2D eigenvalue weighted by molar-refractivity contribution is -0.127. The summed E-state index contributed by atoms with van der Waals surface area (Å²) in [5, 5.41) is 16.3. The fraction of sp³-hybridized carbons (Fsp3) is 0.938. The molecule has 1 amide bonds. The molecule has 20 heavy (non-hydrogen) atoms. The molecule has 1 saturated heterocycles. The van der Waals surface area contributed by atoms with Gasteiger partial charge in [-0.25, -0.2) is 0 Å². The lowest BCUT2D eigenvalue weighted by atomic mass is 9.79. The molecule has 0 bridgehead atoms. The third-order valence-electron chi connectivity index (χ3n) is 5.00. The highest BCUT2D eigenvalue weighted by atomic mass is 16.3. The van der Waals surface area contributed by atoms with Crippen LogP contribution in [0.15, 0.2) is 0 Å². The molecule has 4 heteroatoms. The molecule has 2 fully saturated rings. The molecular weight excluding hydrogens is 252 g/mol. The molecule has 0 spiro atoms. The van der Waals surface area contributed by atoms with Crippen LogP contribution in [-0.2, 0) is 4.79 Å². The summed E-state index contributed by atoms with van der Waals surface area (Å²) >= 11 is 0. The fourth-order valence-electron chi connectivity index (χ4n) is 3.48. The normalized spacial score (nSPS) is 34.1. The van der Waals surface area contributed by atoms with E-state index in [4.69, 9.17) is 0 Å². The van der Waals surface area contributed by atoms with Crippen molar-refractivity contribution >= 4 is 5.91 Å². The first kappa shape index (κ1) is 15.8. The van der Waals surface area contributed by atoms with Crippen LogP contribution in [0.1, 0.15) is 58.3 Å². The van der Waals surface area contributed by atoms with Gasteiger partial charge < -0.3 is 15.7 Å². The maximum Gasteiger partial charge on any atom is 0.223 e. The molecule has 1 saturated carbocycles. The molecule has 0 radical (unpaired) electrons. The van der Waals surface area contributed by atoms with Crippen molar-refractivity contribution in [2.45, 2.75) is 63.9 Å². The zero-order valence-electron chi connectivity index (χ0n) is 12.8. The Hall–Kier alpha value is -0.610. The van der Waals surface area contributed by atoms with E-state index in [0.29, 0.717) is 13.1 Å². The third kappa shape index (κ3) is 4.45. The van der Waals surface area contributed by atoms with Crippen LogP contribution in [0.25, 0.3) is 0 Å². The summed E-state index contributed by atoms with van der Waals surface area (Å²) in [6, 6.07) is 0. The Balaban J connectivity index is 1.66. The van der Waals surface area contributed by atoms with E-state index in [0.717, 1.165) is 31.7 Å². The Morgan fingerprint density at radius 2 is 2.10 bits per heavy atom. The highest BCUT2D eigenvalue weighted by Crippen LogP contribution is 2.32. The van der Waals surface area contributed by atoms with Crippen molar-refractivity contribution in [3.8, 4) is 0 Å². The first-order valence-corrected chi connectivity index (χ1v) is 8.34. The Kier molecular flexibility index (Phi) is 5.85. The molecule has 116 valence electrons. The summed E-state index contributed by atoms with van der Waals surface area (Å²) in [5.74, 6) is 1.16. The lowest BCUT2D eigenvalue weighted by Crippen LogP contribution is -2.46. The van der Waals surface area contributed by atoms with Gasteiger partial charge in [0, 0.05) is 19.0 Å². The number of amides is 1. The quantitative estimate of drug-likeness (QED) is 0.696. The standard InChI is InChI=1S/C16H30N2O2/c1-2-3-4-13-5-7-14(8-6-13)15(19)18-12-16(20)9-10-17-11-16/h13-14,17,20H,2-12H2,1H3,(H,18,19). The van der Waals surface area contributed by atoms with E-state index in [1.807, 2.05) is 0 Å². The Bertz CT molecular complexity index is 306. The molecule has 0 aromatic carbocycles. The topological polar surface area (TPSA) is 61.4 Å². The molecule has 1 heterocycles. The summed E-state index contributed by atoms with van der Waals surface area (Å²) in [6.45, 7) is 4.07. The minimum absolute atomic E-state index is 0.152. The third-order valence-corrected chi connectivity index (χ3v) is 5.00. The van der Waals surface area contributed by atoms with E-state index in [1.165, 1.54) is 32.1 Å². The largest absolute Gasteiger partial charge is 0.387 e. The molecule has 2 rings (SSSR count). The van der Waals surface area contributed by atoms with E-state index in [9.17, 15) is 9.90 Å². The van der Waals surface area contributed by atoms with Crippen LogP contribution in [0.5, 0.6) is 0 Å². The summed E-state index contributed by atoms with van der Waals surface area (Å²) in [5.41, 5.74) is -0.728. The molecule has 2 aliphatic rings. The van der Waals surface area contributed by atoms with Crippen LogP contribution >= 0.6 is 0 Å². The Morgan fingerprint density at radius 3 is 2.70 bits per heavy atom.